The molecule has 0 N–H and O–H groups in total. The first kappa shape index (κ1) is 11.3. The zero-order valence-electron chi connectivity index (χ0n) is 9.65. The molecule has 3 heterocycles. The number of alkyl halides is 3. The molecule has 2 aromatic heterocycles. The summed E-state index contributed by atoms with van der Waals surface area (Å²) in [5.74, 6) is -0.679. The highest BCUT2D eigenvalue weighted by molar-refractivity contribution is 5.70. The minimum Gasteiger partial charge on any atom is -0.353 e. The number of hydrogen-bond acceptors (Lipinski definition) is 3. The van der Waals surface area contributed by atoms with E-state index in [2.05, 4.69) is 10.1 Å². The fourth-order valence-electron chi connectivity index (χ4n) is 2.13. The minimum absolute atomic E-state index is 0.0274. The Morgan fingerprint density at radius 3 is 2.72 bits per heavy atom. The number of anilines is 1. The zero-order chi connectivity index (χ0) is 12.9. The molecule has 4 nitrogen and oxygen atoms in total. The second-order valence-electron chi connectivity index (χ2n) is 4.51. The highest BCUT2D eigenvalue weighted by Gasteiger charge is 2.47. The molecule has 7 heteroatoms. The van der Waals surface area contributed by atoms with E-state index in [1.165, 1.54) is 0 Å². The van der Waals surface area contributed by atoms with E-state index in [4.69, 9.17) is 0 Å². The molecule has 0 aliphatic carbocycles. The fourth-order valence-corrected chi connectivity index (χ4v) is 2.13. The van der Waals surface area contributed by atoms with Gasteiger partial charge in [-0.05, 0) is 13.0 Å². The van der Waals surface area contributed by atoms with Gasteiger partial charge in [-0.15, -0.1) is 0 Å². The fraction of sp³-hybridized carbons (Fsp3) is 0.455. The molecule has 1 fully saturated rings. The lowest BCUT2D eigenvalue weighted by atomic mass is 10.00. The Kier molecular flexibility index (Phi) is 2.26. The van der Waals surface area contributed by atoms with Gasteiger partial charge < -0.3 is 4.90 Å². The highest BCUT2D eigenvalue weighted by Crippen LogP contribution is 2.36. The molecule has 0 aromatic carbocycles. The van der Waals surface area contributed by atoms with Crippen molar-refractivity contribution in [2.75, 3.05) is 18.0 Å². The molecule has 1 saturated heterocycles. The SMILES string of the molecule is Cc1cc2c(N3CC(C(F)(F)F)C3)nccn2n1. The van der Waals surface area contributed by atoms with Crippen molar-refractivity contribution in [1.29, 1.82) is 0 Å². The molecule has 96 valence electrons. The summed E-state index contributed by atoms with van der Waals surface area (Å²) in [7, 11) is 0. The lowest BCUT2D eigenvalue weighted by Crippen LogP contribution is -2.53. The smallest absolute Gasteiger partial charge is 0.353 e. The lowest BCUT2D eigenvalue weighted by molar-refractivity contribution is -0.180. The van der Waals surface area contributed by atoms with Gasteiger partial charge in [0.05, 0.1) is 11.6 Å². The van der Waals surface area contributed by atoms with Crippen LogP contribution >= 0.6 is 0 Å². The van der Waals surface area contributed by atoms with Crippen LogP contribution in [0.15, 0.2) is 18.5 Å². The number of aryl methyl sites for hydroxylation is 1. The van der Waals surface area contributed by atoms with E-state index >= 15 is 0 Å². The maximum atomic E-state index is 12.4. The Balaban J connectivity index is 1.89. The number of halogens is 3. The zero-order valence-corrected chi connectivity index (χ0v) is 9.65. The Bertz CT molecular complexity index is 583. The molecule has 0 saturated carbocycles. The first-order chi connectivity index (χ1) is 8.45. The molecule has 0 amide bonds. The van der Waals surface area contributed by atoms with Crippen LogP contribution in [-0.2, 0) is 0 Å². The summed E-state index contributed by atoms with van der Waals surface area (Å²) in [6.45, 7) is 1.78. The second-order valence-corrected chi connectivity index (χ2v) is 4.51. The number of aromatic nitrogens is 3. The Morgan fingerprint density at radius 2 is 2.06 bits per heavy atom. The monoisotopic (exact) mass is 256 g/mol. The summed E-state index contributed by atoms with van der Waals surface area (Å²) >= 11 is 0. The van der Waals surface area contributed by atoms with E-state index in [0.29, 0.717) is 5.82 Å². The lowest BCUT2D eigenvalue weighted by Gasteiger charge is -2.40. The Hall–Kier alpha value is -1.79. The standard InChI is InChI=1S/C11H11F3N4/c1-7-4-9-10(15-2-3-18(9)16-7)17-5-8(6-17)11(12,13)14/h2-4,8H,5-6H2,1H3. The van der Waals surface area contributed by atoms with E-state index in [1.807, 2.05) is 13.0 Å². The van der Waals surface area contributed by atoms with Crippen LogP contribution in [0, 0.1) is 12.8 Å². The normalized spacial score (nSPS) is 17.2. The van der Waals surface area contributed by atoms with Gasteiger partial charge >= 0.3 is 6.18 Å². The average Bonchev–Trinajstić information content (AvgIpc) is 2.54. The van der Waals surface area contributed by atoms with Gasteiger partial charge in [0.15, 0.2) is 5.82 Å². The molecule has 2 aromatic rings. The Morgan fingerprint density at radius 1 is 1.33 bits per heavy atom. The van der Waals surface area contributed by atoms with E-state index in [9.17, 15) is 13.2 Å². The summed E-state index contributed by atoms with van der Waals surface area (Å²) in [5, 5.41) is 4.21. The molecule has 0 bridgehead atoms. The van der Waals surface area contributed by atoms with Crippen LogP contribution in [0.25, 0.3) is 5.52 Å². The molecule has 18 heavy (non-hydrogen) atoms. The van der Waals surface area contributed by atoms with Crippen molar-refractivity contribution in [3.05, 3.63) is 24.2 Å². The van der Waals surface area contributed by atoms with E-state index in [-0.39, 0.29) is 13.1 Å². The molecular formula is C11H11F3N4. The predicted molar refractivity (Wildman–Crippen MR) is 59.5 cm³/mol. The largest absolute Gasteiger partial charge is 0.395 e. The number of rotatable bonds is 1. The minimum atomic E-state index is -4.11. The number of nitrogens with zero attached hydrogens (tertiary/aromatic N) is 4. The van der Waals surface area contributed by atoms with Crippen molar-refractivity contribution in [3.8, 4) is 0 Å². The first-order valence-electron chi connectivity index (χ1n) is 5.58. The van der Waals surface area contributed by atoms with Crippen LogP contribution < -0.4 is 4.90 Å². The Labute approximate surface area is 101 Å². The third-order valence-corrected chi connectivity index (χ3v) is 3.14. The molecule has 0 spiro atoms. The van der Waals surface area contributed by atoms with Crippen molar-refractivity contribution < 1.29 is 13.2 Å². The summed E-state index contributed by atoms with van der Waals surface area (Å²) in [6.07, 6.45) is -0.875. The van der Waals surface area contributed by atoms with Crippen LogP contribution in [0.4, 0.5) is 19.0 Å². The number of fused-ring (bicyclic) bond motifs is 1. The third kappa shape index (κ3) is 1.70. The van der Waals surface area contributed by atoms with E-state index in [0.717, 1.165) is 11.2 Å². The van der Waals surface area contributed by atoms with Crippen LogP contribution in [0.3, 0.4) is 0 Å². The van der Waals surface area contributed by atoms with Gasteiger partial charge in [-0.1, -0.05) is 0 Å². The van der Waals surface area contributed by atoms with E-state index < -0.39 is 12.1 Å². The molecule has 0 atom stereocenters. The van der Waals surface area contributed by atoms with Crippen molar-refractivity contribution in [2.45, 2.75) is 13.1 Å². The maximum Gasteiger partial charge on any atom is 0.395 e. The molecule has 1 aliphatic heterocycles. The van der Waals surface area contributed by atoms with Crippen LogP contribution in [0.1, 0.15) is 5.69 Å². The maximum absolute atomic E-state index is 12.4. The van der Waals surface area contributed by atoms with Crippen molar-refractivity contribution in [3.63, 3.8) is 0 Å². The van der Waals surface area contributed by atoms with Crippen LogP contribution in [-0.4, -0.2) is 33.9 Å². The van der Waals surface area contributed by atoms with Gasteiger partial charge in [0.25, 0.3) is 0 Å². The third-order valence-electron chi connectivity index (χ3n) is 3.14. The second kappa shape index (κ2) is 3.60. The topological polar surface area (TPSA) is 33.4 Å². The van der Waals surface area contributed by atoms with E-state index in [1.54, 1.807) is 21.8 Å². The molecule has 0 unspecified atom stereocenters. The van der Waals surface area contributed by atoms with Gasteiger partial charge in [-0.3, -0.25) is 0 Å². The molecule has 1 aliphatic rings. The summed E-state index contributed by atoms with van der Waals surface area (Å²) in [4.78, 5) is 5.79. The molecule has 3 rings (SSSR count). The van der Waals surface area contributed by atoms with Crippen LogP contribution in [0.5, 0.6) is 0 Å². The predicted octanol–water partition coefficient (Wildman–Crippen LogP) is 2.04. The van der Waals surface area contributed by atoms with Crippen molar-refractivity contribution in [1.82, 2.24) is 14.6 Å². The van der Waals surface area contributed by atoms with Gasteiger partial charge in [-0.25, -0.2) is 9.50 Å². The van der Waals surface area contributed by atoms with Gasteiger partial charge in [0, 0.05) is 25.5 Å². The van der Waals surface area contributed by atoms with Gasteiger partial charge in [-0.2, -0.15) is 18.3 Å². The average molecular weight is 256 g/mol. The van der Waals surface area contributed by atoms with Gasteiger partial charge in [0.1, 0.15) is 5.52 Å². The number of hydrogen-bond donors (Lipinski definition) is 0. The quantitative estimate of drug-likeness (QED) is 0.782. The van der Waals surface area contributed by atoms with Crippen molar-refractivity contribution >= 4 is 11.3 Å². The van der Waals surface area contributed by atoms with Crippen LogP contribution in [0.2, 0.25) is 0 Å². The first-order valence-corrected chi connectivity index (χ1v) is 5.58. The summed E-state index contributed by atoms with van der Waals surface area (Å²) in [5.41, 5.74) is 1.56. The highest BCUT2D eigenvalue weighted by atomic mass is 19.4. The van der Waals surface area contributed by atoms with Crippen molar-refractivity contribution in [2.24, 2.45) is 5.92 Å². The molecular weight excluding hydrogens is 245 g/mol. The van der Waals surface area contributed by atoms with Gasteiger partial charge in [0.2, 0.25) is 0 Å². The summed E-state index contributed by atoms with van der Waals surface area (Å²) in [6, 6.07) is 1.82. The molecule has 0 radical (unpaired) electrons. The summed E-state index contributed by atoms with van der Waals surface area (Å²) < 4.78 is 39.0.